The van der Waals surface area contributed by atoms with Gasteiger partial charge in [-0.1, -0.05) is 36.0 Å². The maximum Gasteiger partial charge on any atom is 0.237 e. The zero-order valence-electron chi connectivity index (χ0n) is 15.2. The van der Waals surface area contributed by atoms with Crippen LogP contribution in [0.15, 0.2) is 72.7 Å². The second-order valence-corrected chi connectivity index (χ2v) is 6.65. The van der Waals surface area contributed by atoms with Crippen LogP contribution in [0.25, 0.3) is 11.4 Å². The molecule has 0 atom stereocenters. The van der Waals surface area contributed by atoms with Gasteiger partial charge in [-0.15, -0.1) is 16.8 Å². The molecule has 0 unspecified atom stereocenters. The molecule has 2 heterocycles. The zero-order chi connectivity index (χ0) is 19.1. The first-order chi connectivity index (χ1) is 13.2. The van der Waals surface area contributed by atoms with E-state index in [1.165, 1.54) is 11.8 Å². The standard InChI is InChI=1S/C20H21N5OS/c1-3-14-25(17-8-6-5-7-9-17)18(26)15-27-20-23-22-19(24(20)4-2)16-10-12-21-13-11-16/h3,5-13H,1,4,14-15H2,2H3. The lowest BCUT2D eigenvalue weighted by molar-refractivity contribution is -0.116. The molecule has 3 rings (SSSR count). The van der Waals surface area contributed by atoms with Gasteiger partial charge in [0.15, 0.2) is 11.0 Å². The minimum atomic E-state index is 0.00205. The average Bonchev–Trinajstić information content (AvgIpc) is 3.14. The molecule has 0 aliphatic carbocycles. The zero-order valence-corrected chi connectivity index (χ0v) is 16.0. The first-order valence-corrected chi connectivity index (χ1v) is 9.65. The molecule has 27 heavy (non-hydrogen) atoms. The number of carbonyl (C=O) groups is 1. The molecular formula is C20H21N5OS. The third kappa shape index (κ3) is 4.43. The Labute approximate surface area is 163 Å². The lowest BCUT2D eigenvalue weighted by Gasteiger charge is -2.21. The molecule has 0 spiro atoms. The number of hydrogen-bond donors (Lipinski definition) is 0. The number of pyridine rings is 1. The maximum absolute atomic E-state index is 12.8. The number of carbonyl (C=O) groups excluding carboxylic acids is 1. The van der Waals surface area contributed by atoms with Crippen molar-refractivity contribution < 1.29 is 4.79 Å². The Hall–Kier alpha value is -2.93. The molecule has 0 fully saturated rings. The Morgan fingerprint density at radius 2 is 1.93 bits per heavy atom. The second kappa shape index (κ2) is 9.14. The van der Waals surface area contributed by atoms with Crippen LogP contribution in [0.3, 0.4) is 0 Å². The Balaban J connectivity index is 1.75. The van der Waals surface area contributed by atoms with Gasteiger partial charge in [-0.2, -0.15) is 0 Å². The van der Waals surface area contributed by atoms with Crippen molar-refractivity contribution in [1.82, 2.24) is 19.7 Å². The predicted molar refractivity (Wildman–Crippen MR) is 109 cm³/mol. The van der Waals surface area contributed by atoms with Crippen LogP contribution < -0.4 is 4.90 Å². The summed E-state index contributed by atoms with van der Waals surface area (Å²) in [7, 11) is 0. The van der Waals surface area contributed by atoms with E-state index in [9.17, 15) is 4.79 Å². The van der Waals surface area contributed by atoms with Crippen LogP contribution in [0.5, 0.6) is 0 Å². The number of benzene rings is 1. The van der Waals surface area contributed by atoms with Crippen LogP contribution in [0, 0.1) is 0 Å². The van der Waals surface area contributed by atoms with E-state index < -0.39 is 0 Å². The van der Waals surface area contributed by atoms with Gasteiger partial charge in [-0.3, -0.25) is 9.78 Å². The molecule has 0 aliphatic rings. The van der Waals surface area contributed by atoms with Gasteiger partial charge >= 0.3 is 0 Å². The monoisotopic (exact) mass is 379 g/mol. The van der Waals surface area contributed by atoms with E-state index in [0.29, 0.717) is 6.54 Å². The molecule has 0 saturated heterocycles. The molecule has 0 saturated carbocycles. The molecular weight excluding hydrogens is 358 g/mol. The molecule has 7 heteroatoms. The Morgan fingerprint density at radius 3 is 2.59 bits per heavy atom. The largest absolute Gasteiger partial charge is 0.308 e. The number of aromatic nitrogens is 4. The summed E-state index contributed by atoms with van der Waals surface area (Å²) in [6, 6.07) is 13.4. The quantitative estimate of drug-likeness (QED) is 0.441. The number of para-hydroxylation sites is 1. The SMILES string of the molecule is C=CCN(C(=O)CSc1nnc(-c2ccncc2)n1CC)c1ccccc1. The van der Waals surface area contributed by atoms with Crippen molar-refractivity contribution in [3.8, 4) is 11.4 Å². The number of nitrogens with zero attached hydrogens (tertiary/aromatic N) is 5. The van der Waals surface area contributed by atoms with Crippen molar-refractivity contribution in [3.63, 3.8) is 0 Å². The molecule has 0 radical (unpaired) electrons. The van der Waals surface area contributed by atoms with Crippen molar-refractivity contribution in [3.05, 3.63) is 67.5 Å². The van der Waals surface area contributed by atoms with Crippen LogP contribution in [-0.4, -0.2) is 38.0 Å². The number of rotatable bonds is 8. The summed E-state index contributed by atoms with van der Waals surface area (Å²) in [6.07, 6.45) is 5.19. The summed E-state index contributed by atoms with van der Waals surface area (Å²) in [6.45, 7) is 6.98. The topological polar surface area (TPSA) is 63.9 Å². The molecule has 1 aromatic carbocycles. The number of hydrogen-bond acceptors (Lipinski definition) is 5. The van der Waals surface area contributed by atoms with Crippen LogP contribution in [-0.2, 0) is 11.3 Å². The molecule has 0 N–H and O–H groups in total. The molecule has 1 amide bonds. The molecule has 0 bridgehead atoms. The number of anilines is 1. The highest BCUT2D eigenvalue weighted by Crippen LogP contribution is 2.24. The van der Waals surface area contributed by atoms with Crippen molar-refractivity contribution in [2.24, 2.45) is 0 Å². The number of thioether (sulfide) groups is 1. The highest BCUT2D eigenvalue weighted by Gasteiger charge is 2.18. The third-order valence-electron chi connectivity index (χ3n) is 3.98. The molecule has 2 aromatic heterocycles. The van der Waals surface area contributed by atoms with Crippen molar-refractivity contribution >= 4 is 23.4 Å². The van der Waals surface area contributed by atoms with Gasteiger partial charge in [-0.25, -0.2) is 0 Å². The van der Waals surface area contributed by atoms with Crippen molar-refractivity contribution in [1.29, 1.82) is 0 Å². The van der Waals surface area contributed by atoms with E-state index >= 15 is 0 Å². The summed E-state index contributed by atoms with van der Waals surface area (Å²) in [5.74, 6) is 1.06. The second-order valence-electron chi connectivity index (χ2n) is 5.70. The lowest BCUT2D eigenvalue weighted by atomic mass is 10.2. The van der Waals surface area contributed by atoms with Crippen molar-refractivity contribution in [2.45, 2.75) is 18.6 Å². The van der Waals surface area contributed by atoms with Gasteiger partial charge < -0.3 is 9.47 Å². The van der Waals surface area contributed by atoms with Crippen LogP contribution in [0.1, 0.15) is 6.92 Å². The fourth-order valence-corrected chi connectivity index (χ4v) is 3.57. The van der Waals surface area contributed by atoms with E-state index in [1.807, 2.05) is 54.0 Å². The Morgan fingerprint density at radius 1 is 1.19 bits per heavy atom. The van der Waals surface area contributed by atoms with Gasteiger partial charge in [0.05, 0.1) is 5.75 Å². The van der Waals surface area contributed by atoms with Gasteiger partial charge in [0.2, 0.25) is 5.91 Å². The average molecular weight is 379 g/mol. The lowest BCUT2D eigenvalue weighted by Crippen LogP contribution is -2.32. The molecule has 3 aromatic rings. The fraction of sp³-hybridized carbons (Fsp3) is 0.200. The Bertz CT molecular complexity index is 895. The third-order valence-corrected chi connectivity index (χ3v) is 4.93. The Kier molecular flexibility index (Phi) is 6.38. The van der Waals surface area contributed by atoms with E-state index in [0.717, 1.165) is 28.8 Å². The van der Waals surface area contributed by atoms with Gasteiger partial charge in [-0.05, 0) is 31.2 Å². The highest BCUT2D eigenvalue weighted by molar-refractivity contribution is 7.99. The van der Waals surface area contributed by atoms with Crippen LogP contribution in [0.4, 0.5) is 5.69 Å². The summed E-state index contributed by atoms with van der Waals surface area (Å²) in [5.41, 5.74) is 1.81. The van der Waals surface area contributed by atoms with E-state index in [2.05, 4.69) is 21.8 Å². The normalized spacial score (nSPS) is 10.6. The van der Waals surface area contributed by atoms with E-state index in [-0.39, 0.29) is 11.7 Å². The van der Waals surface area contributed by atoms with Crippen molar-refractivity contribution in [2.75, 3.05) is 17.2 Å². The predicted octanol–water partition coefficient (Wildman–Crippen LogP) is 3.67. The summed E-state index contributed by atoms with van der Waals surface area (Å²) in [5, 5.41) is 9.30. The van der Waals surface area contributed by atoms with Crippen LogP contribution in [0.2, 0.25) is 0 Å². The fourth-order valence-electron chi connectivity index (χ4n) is 2.69. The highest BCUT2D eigenvalue weighted by atomic mass is 32.2. The molecule has 6 nitrogen and oxygen atoms in total. The summed E-state index contributed by atoms with van der Waals surface area (Å²) >= 11 is 1.39. The summed E-state index contributed by atoms with van der Waals surface area (Å²) < 4.78 is 2.01. The number of amides is 1. The van der Waals surface area contributed by atoms with Gasteiger partial charge in [0.1, 0.15) is 0 Å². The maximum atomic E-state index is 12.8. The van der Waals surface area contributed by atoms with Gasteiger partial charge in [0.25, 0.3) is 0 Å². The summed E-state index contributed by atoms with van der Waals surface area (Å²) in [4.78, 5) is 18.5. The molecule has 0 aliphatic heterocycles. The first-order valence-electron chi connectivity index (χ1n) is 8.67. The molecule has 138 valence electrons. The van der Waals surface area contributed by atoms with E-state index in [1.54, 1.807) is 23.4 Å². The minimum absolute atomic E-state index is 0.00205. The van der Waals surface area contributed by atoms with Crippen LogP contribution >= 0.6 is 11.8 Å². The van der Waals surface area contributed by atoms with Gasteiger partial charge in [0, 0.05) is 36.7 Å². The smallest absolute Gasteiger partial charge is 0.237 e. The minimum Gasteiger partial charge on any atom is -0.308 e. The first kappa shape index (κ1) is 18.8. The van der Waals surface area contributed by atoms with E-state index in [4.69, 9.17) is 0 Å².